The molecule has 0 saturated carbocycles. The third-order valence-electron chi connectivity index (χ3n) is 3.39. The molecule has 0 atom stereocenters. The van der Waals surface area contributed by atoms with Gasteiger partial charge in [0.05, 0.1) is 5.69 Å². The summed E-state index contributed by atoms with van der Waals surface area (Å²) in [6.07, 6.45) is 0. The molecule has 0 spiro atoms. The number of rotatable bonds is 1. The predicted octanol–water partition coefficient (Wildman–Crippen LogP) is 1.39. The summed E-state index contributed by atoms with van der Waals surface area (Å²) >= 11 is 1.34. The van der Waals surface area contributed by atoms with Gasteiger partial charge in [0.15, 0.2) is 0 Å². The van der Waals surface area contributed by atoms with Crippen LogP contribution in [0.2, 0.25) is 0 Å². The fourth-order valence-electron chi connectivity index (χ4n) is 2.23. The van der Waals surface area contributed by atoms with Crippen LogP contribution in [0, 0.1) is 6.92 Å². The molecule has 2 aromatic rings. The number of thiophene rings is 1. The van der Waals surface area contributed by atoms with Gasteiger partial charge in [-0.15, -0.1) is 11.3 Å². The first-order chi connectivity index (χ1) is 9.56. The quantitative estimate of drug-likeness (QED) is 0.863. The number of amides is 1. The summed E-state index contributed by atoms with van der Waals surface area (Å²) in [4.78, 5) is 20.0. The number of pyridine rings is 1. The van der Waals surface area contributed by atoms with Gasteiger partial charge in [0.2, 0.25) is 0 Å². The average molecular weight is 309 g/mol. The second-order valence-electron chi connectivity index (χ2n) is 4.79. The molecule has 2 N–H and O–H groups in total. The van der Waals surface area contributed by atoms with Crippen LogP contribution >= 0.6 is 11.3 Å². The number of hydrogen-bond acceptors (Lipinski definition) is 5. The molecule has 1 aliphatic rings. The summed E-state index contributed by atoms with van der Waals surface area (Å²) in [7, 11) is -0.791. The van der Waals surface area contributed by atoms with E-state index in [0.717, 1.165) is 15.9 Å². The van der Waals surface area contributed by atoms with Gasteiger partial charge in [0.25, 0.3) is 5.91 Å². The molecule has 2 aromatic heterocycles. The van der Waals surface area contributed by atoms with Gasteiger partial charge >= 0.3 is 0 Å². The molecule has 106 valence electrons. The predicted molar refractivity (Wildman–Crippen MR) is 82.5 cm³/mol. The van der Waals surface area contributed by atoms with E-state index in [4.69, 9.17) is 5.73 Å². The third-order valence-corrected chi connectivity index (χ3v) is 5.77. The summed E-state index contributed by atoms with van der Waals surface area (Å²) in [6.45, 7) is 2.98. The molecule has 3 rings (SSSR count). The molecule has 1 saturated heterocycles. The highest BCUT2D eigenvalue weighted by Crippen LogP contribution is 2.33. The Labute approximate surface area is 123 Å². The maximum absolute atomic E-state index is 12.5. The lowest BCUT2D eigenvalue weighted by atomic mass is 10.2. The SMILES string of the molecule is Cc1ccc2c(N)c(C(=O)N3CCS(=O)CC3)sc2n1. The van der Waals surface area contributed by atoms with Crippen molar-refractivity contribution < 1.29 is 9.00 Å². The molecule has 0 radical (unpaired) electrons. The Bertz CT molecular complexity index is 701. The van der Waals surface area contributed by atoms with Gasteiger partial charge in [-0.05, 0) is 19.1 Å². The number of nitrogens with zero attached hydrogens (tertiary/aromatic N) is 2. The molecule has 0 aromatic carbocycles. The largest absolute Gasteiger partial charge is 0.397 e. The van der Waals surface area contributed by atoms with Gasteiger partial charge in [-0.25, -0.2) is 4.98 Å². The van der Waals surface area contributed by atoms with Crippen molar-refractivity contribution in [1.29, 1.82) is 0 Å². The lowest BCUT2D eigenvalue weighted by Gasteiger charge is -2.25. The highest BCUT2D eigenvalue weighted by molar-refractivity contribution is 7.85. The van der Waals surface area contributed by atoms with Gasteiger partial charge in [-0.3, -0.25) is 9.00 Å². The molecule has 20 heavy (non-hydrogen) atoms. The van der Waals surface area contributed by atoms with Gasteiger partial charge in [-0.1, -0.05) is 0 Å². The number of anilines is 1. The molecule has 7 heteroatoms. The van der Waals surface area contributed by atoms with Crippen LogP contribution in [0.3, 0.4) is 0 Å². The Morgan fingerprint density at radius 3 is 2.80 bits per heavy atom. The van der Waals surface area contributed by atoms with Crippen LogP contribution in [-0.4, -0.2) is 44.6 Å². The summed E-state index contributed by atoms with van der Waals surface area (Å²) < 4.78 is 11.4. The van der Waals surface area contributed by atoms with E-state index in [1.165, 1.54) is 11.3 Å². The molecule has 0 bridgehead atoms. The lowest BCUT2D eigenvalue weighted by molar-refractivity contribution is 0.0777. The third kappa shape index (κ3) is 2.31. The first-order valence-corrected chi connectivity index (χ1v) is 8.66. The van der Waals surface area contributed by atoms with Crippen molar-refractivity contribution in [2.24, 2.45) is 0 Å². The van der Waals surface area contributed by atoms with E-state index < -0.39 is 10.8 Å². The number of nitrogens with two attached hydrogens (primary N) is 1. The number of nitrogen functional groups attached to an aromatic ring is 1. The highest BCUT2D eigenvalue weighted by Gasteiger charge is 2.25. The van der Waals surface area contributed by atoms with Gasteiger partial charge in [-0.2, -0.15) is 0 Å². The Hall–Kier alpha value is -1.47. The maximum Gasteiger partial charge on any atom is 0.266 e. The van der Waals surface area contributed by atoms with E-state index in [9.17, 15) is 9.00 Å². The van der Waals surface area contributed by atoms with Crippen molar-refractivity contribution in [2.45, 2.75) is 6.92 Å². The summed E-state index contributed by atoms with van der Waals surface area (Å²) in [5, 5.41) is 0.838. The first kappa shape index (κ1) is 13.5. The van der Waals surface area contributed by atoms with E-state index in [0.29, 0.717) is 35.2 Å². The van der Waals surface area contributed by atoms with Crippen LogP contribution in [0.1, 0.15) is 15.4 Å². The van der Waals surface area contributed by atoms with Gasteiger partial charge < -0.3 is 10.6 Å². The Morgan fingerprint density at radius 1 is 1.40 bits per heavy atom. The number of fused-ring (bicyclic) bond motifs is 1. The van der Waals surface area contributed by atoms with Crippen LogP contribution < -0.4 is 5.73 Å². The number of aryl methyl sites for hydroxylation is 1. The molecule has 1 amide bonds. The number of aromatic nitrogens is 1. The molecule has 1 fully saturated rings. The zero-order valence-electron chi connectivity index (χ0n) is 11.1. The molecule has 1 aliphatic heterocycles. The topological polar surface area (TPSA) is 76.3 Å². The summed E-state index contributed by atoms with van der Waals surface area (Å²) in [5.41, 5.74) is 7.50. The monoisotopic (exact) mass is 309 g/mol. The van der Waals surface area contributed by atoms with E-state index in [1.54, 1.807) is 4.90 Å². The van der Waals surface area contributed by atoms with Gasteiger partial charge in [0.1, 0.15) is 9.71 Å². The Kier molecular flexibility index (Phi) is 3.47. The van der Waals surface area contributed by atoms with Gasteiger partial charge in [0, 0.05) is 46.5 Å². The lowest BCUT2D eigenvalue weighted by Crippen LogP contribution is -2.41. The van der Waals surface area contributed by atoms with Crippen molar-refractivity contribution in [2.75, 3.05) is 30.3 Å². The van der Waals surface area contributed by atoms with E-state index in [-0.39, 0.29) is 5.91 Å². The smallest absolute Gasteiger partial charge is 0.266 e. The highest BCUT2D eigenvalue weighted by atomic mass is 32.2. The van der Waals surface area contributed by atoms with E-state index >= 15 is 0 Å². The van der Waals surface area contributed by atoms with Crippen LogP contribution in [0.25, 0.3) is 10.2 Å². The fraction of sp³-hybridized carbons (Fsp3) is 0.385. The normalized spacial score (nSPS) is 16.8. The number of carbonyl (C=O) groups excluding carboxylic acids is 1. The molecular weight excluding hydrogens is 294 g/mol. The Morgan fingerprint density at radius 2 is 2.10 bits per heavy atom. The van der Waals surface area contributed by atoms with Crippen LogP contribution in [-0.2, 0) is 10.8 Å². The molecule has 3 heterocycles. The van der Waals surface area contributed by atoms with E-state index in [2.05, 4.69) is 4.98 Å². The number of hydrogen-bond donors (Lipinski definition) is 1. The fourth-order valence-corrected chi connectivity index (χ4v) is 4.39. The standard InChI is InChI=1S/C13H15N3O2S2/c1-8-2-3-9-10(14)11(19-12(9)15-8)13(17)16-4-6-20(18)7-5-16/h2-3H,4-7,14H2,1H3. The van der Waals surface area contributed by atoms with Crippen LogP contribution in [0.15, 0.2) is 12.1 Å². The molecular formula is C13H15N3O2S2. The minimum atomic E-state index is -0.791. The first-order valence-electron chi connectivity index (χ1n) is 6.36. The zero-order valence-corrected chi connectivity index (χ0v) is 12.7. The minimum Gasteiger partial charge on any atom is -0.397 e. The minimum absolute atomic E-state index is 0.0696. The molecule has 0 unspecified atom stereocenters. The summed E-state index contributed by atoms with van der Waals surface area (Å²) in [5.74, 6) is 1.03. The number of carbonyl (C=O) groups is 1. The average Bonchev–Trinajstić information content (AvgIpc) is 2.75. The molecule has 5 nitrogen and oxygen atoms in total. The second-order valence-corrected chi connectivity index (χ2v) is 7.49. The van der Waals surface area contributed by atoms with Crippen molar-refractivity contribution >= 4 is 43.9 Å². The van der Waals surface area contributed by atoms with Crippen molar-refractivity contribution in [1.82, 2.24) is 9.88 Å². The summed E-state index contributed by atoms with van der Waals surface area (Å²) in [6, 6.07) is 3.80. The van der Waals surface area contributed by atoms with Crippen LogP contribution in [0.4, 0.5) is 5.69 Å². The van der Waals surface area contributed by atoms with E-state index in [1.807, 2.05) is 19.1 Å². The maximum atomic E-state index is 12.5. The van der Waals surface area contributed by atoms with Crippen molar-refractivity contribution in [3.05, 3.63) is 22.7 Å². The molecule has 0 aliphatic carbocycles. The van der Waals surface area contributed by atoms with Crippen molar-refractivity contribution in [3.8, 4) is 0 Å². The van der Waals surface area contributed by atoms with Crippen molar-refractivity contribution in [3.63, 3.8) is 0 Å². The Balaban J connectivity index is 1.95. The second kappa shape index (κ2) is 5.14. The van der Waals surface area contributed by atoms with Crippen LogP contribution in [0.5, 0.6) is 0 Å². The zero-order chi connectivity index (χ0) is 14.3.